The standard InChI is InChI=1S/C11H20N4O/c1-3-4-5-15(6-7-16)10-8-9(2)13-11(12)14-10/h8,16H,3-7H2,1-2H3,(H2,12,13,14). The van der Waals surface area contributed by atoms with Crippen molar-refractivity contribution in [1.82, 2.24) is 9.97 Å². The number of rotatable bonds is 6. The Morgan fingerprint density at radius 2 is 2.12 bits per heavy atom. The second kappa shape index (κ2) is 6.27. The number of hydrogen-bond donors (Lipinski definition) is 2. The molecule has 1 aromatic heterocycles. The van der Waals surface area contributed by atoms with E-state index >= 15 is 0 Å². The summed E-state index contributed by atoms with van der Waals surface area (Å²) in [5, 5.41) is 9.02. The third-order valence-corrected chi connectivity index (χ3v) is 2.33. The van der Waals surface area contributed by atoms with E-state index < -0.39 is 0 Å². The lowest BCUT2D eigenvalue weighted by Crippen LogP contribution is -2.29. The first-order valence-corrected chi connectivity index (χ1v) is 5.64. The molecule has 0 aliphatic heterocycles. The lowest BCUT2D eigenvalue weighted by molar-refractivity contribution is 0.301. The predicted molar refractivity (Wildman–Crippen MR) is 65.4 cm³/mol. The van der Waals surface area contributed by atoms with Gasteiger partial charge in [-0.05, 0) is 13.3 Å². The van der Waals surface area contributed by atoms with Crippen molar-refractivity contribution >= 4 is 11.8 Å². The smallest absolute Gasteiger partial charge is 0.222 e. The molecule has 0 bridgehead atoms. The molecule has 16 heavy (non-hydrogen) atoms. The molecule has 1 heterocycles. The van der Waals surface area contributed by atoms with Crippen LogP contribution in [0.2, 0.25) is 0 Å². The normalized spacial score (nSPS) is 10.4. The molecule has 0 fully saturated rings. The second-order valence-corrected chi connectivity index (χ2v) is 3.79. The molecule has 0 radical (unpaired) electrons. The average Bonchev–Trinajstić information content (AvgIpc) is 2.22. The van der Waals surface area contributed by atoms with Gasteiger partial charge in [0.25, 0.3) is 0 Å². The molecule has 5 heteroatoms. The Balaban J connectivity index is 2.82. The molecule has 5 nitrogen and oxygen atoms in total. The van der Waals surface area contributed by atoms with Gasteiger partial charge in [-0.15, -0.1) is 0 Å². The molecule has 0 aromatic carbocycles. The number of nitrogens with two attached hydrogens (primary N) is 1. The summed E-state index contributed by atoms with van der Waals surface area (Å²) >= 11 is 0. The highest BCUT2D eigenvalue weighted by Gasteiger charge is 2.08. The highest BCUT2D eigenvalue weighted by molar-refractivity contribution is 5.43. The summed E-state index contributed by atoms with van der Waals surface area (Å²) in [6.07, 6.45) is 2.18. The van der Waals surface area contributed by atoms with Crippen molar-refractivity contribution in [3.63, 3.8) is 0 Å². The van der Waals surface area contributed by atoms with Crippen molar-refractivity contribution in [3.8, 4) is 0 Å². The van der Waals surface area contributed by atoms with E-state index in [4.69, 9.17) is 10.8 Å². The van der Waals surface area contributed by atoms with Gasteiger partial charge in [0.2, 0.25) is 5.95 Å². The first-order valence-electron chi connectivity index (χ1n) is 5.64. The number of aromatic nitrogens is 2. The van der Waals surface area contributed by atoms with Gasteiger partial charge < -0.3 is 15.7 Å². The molecule has 3 N–H and O–H groups in total. The second-order valence-electron chi connectivity index (χ2n) is 3.79. The molecule has 0 saturated carbocycles. The fourth-order valence-corrected chi connectivity index (χ4v) is 1.55. The lowest BCUT2D eigenvalue weighted by Gasteiger charge is -2.22. The van der Waals surface area contributed by atoms with Crippen LogP contribution in [0, 0.1) is 6.92 Å². The summed E-state index contributed by atoms with van der Waals surface area (Å²) in [5.74, 6) is 1.09. The van der Waals surface area contributed by atoms with E-state index in [9.17, 15) is 0 Å². The van der Waals surface area contributed by atoms with Crippen LogP contribution in [-0.2, 0) is 0 Å². The van der Waals surface area contributed by atoms with Gasteiger partial charge >= 0.3 is 0 Å². The van der Waals surface area contributed by atoms with Crippen LogP contribution < -0.4 is 10.6 Å². The third kappa shape index (κ3) is 3.66. The van der Waals surface area contributed by atoms with Crippen LogP contribution in [-0.4, -0.2) is 34.8 Å². The van der Waals surface area contributed by atoms with Crippen LogP contribution in [0.5, 0.6) is 0 Å². The summed E-state index contributed by atoms with van der Waals surface area (Å²) in [6, 6.07) is 1.89. The van der Waals surface area contributed by atoms with Crippen molar-refractivity contribution in [3.05, 3.63) is 11.8 Å². The molecule has 0 amide bonds. The summed E-state index contributed by atoms with van der Waals surface area (Å²) in [6.45, 7) is 5.60. The van der Waals surface area contributed by atoms with E-state index in [-0.39, 0.29) is 12.6 Å². The zero-order valence-electron chi connectivity index (χ0n) is 9.98. The Labute approximate surface area is 96.3 Å². The lowest BCUT2D eigenvalue weighted by atomic mass is 10.3. The minimum absolute atomic E-state index is 0.118. The van der Waals surface area contributed by atoms with Crippen LogP contribution >= 0.6 is 0 Å². The van der Waals surface area contributed by atoms with Gasteiger partial charge in [0, 0.05) is 24.8 Å². The Hall–Kier alpha value is -1.36. The van der Waals surface area contributed by atoms with Gasteiger partial charge in [-0.25, -0.2) is 4.98 Å². The highest BCUT2D eigenvalue weighted by Crippen LogP contribution is 2.13. The maximum absolute atomic E-state index is 9.02. The van der Waals surface area contributed by atoms with E-state index in [0.717, 1.165) is 30.9 Å². The topological polar surface area (TPSA) is 75.3 Å². The maximum Gasteiger partial charge on any atom is 0.222 e. The van der Waals surface area contributed by atoms with Crippen molar-refractivity contribution in [2.75, 3.05) is 30.3 Å². The first kappa shape index (κ1) is 12.7. The number of aryl methyl sites for hydroxylation is 1. The maximum atomic E-state index is 9.02. The van der Waals surface area contributed by atoms with Crippen LogP contribution in [0.3, 0.4) is 0 Å². The quantitative estimate of drug-likeness (QED) is 0.753. The van der Waals surface area contributed by atoms with Crippen molar-refractivity contribution < 1.29 is 5.11 Å². The molecule has 0 atom stereocenters. The van der Waals surface area contributed by atoms with Crippen molar-refractivity contribution in [1.29, 1.82) is 0 Å². The average molecular weight is 224 g/mol. The number of hydrogen-bond acceptors (Lipinski definition) is 5. The minimum atomic E-state index is 0.118. The number of unbranched alkanes of at least 4 members (excludes halogenated alkanes) is 1. The molecule has 1 rings (SSSR count). The van der Waals surface area contributed by atoms with Crippen LogP contribution in [0.1, 0.15) is 25.5 Å². The Morgan fingerprint density at radius 1 is 1.38 bits per heavy atom. The van der Waals surface area contributed by atoms with Gasteiger partial charge in [-0.1, -0.05) is 13.3 Å². The molecule has 0 aliphatic rings. The molecule has 0 spiro atoms. The molecule has 90 valence electrons. The minimum Gasteiger partial charge on any atom is -0.395 e. The van der Waals surface area contributed by atoms with E-state index in [1.165, 1.54) is 0 Å². The van der Waals surface area contributed by atoms with Gasteiger partial charge in [-0.2, -0.15) is 4.98 Å². The molecule has 1 aromatic rings. The van der Waals surface area contributed by atoms with E-state index in [1.54, 1.807) is 0 Å². The number of anilines is 2. The van der Waals surface area contributed by atoms with Crippen molar-refractivity contribution in [2.45, 2.75) is 26.7 Å². The molecule has 0 unspecified atom stereocenters. The van der Waals surface area contributed by atoms with Crippen LogP contribution in [0.15, 0.2) is 6.07 Å². The Bertz CT molecular complexity index is 310. The number of aliphatic hydroxyl groups excluding tert-OH is 1. The zero-order chi connectivity index (χ0) is 12.0. The molecule has 0 saturated heterocycles. The summed E-state index contributed by atoms with van der Waals surface area (Å²) in [4.78, 5) is 10.3. The van der Waals surface area contributed by atoms with Gasteiger partial charge in [0.15, 0.2) is 0 Å². The summed E-state index contributed by atoms with van der Waals surface area (Å²) in [7, 11) is 0. The van der Waals surface area contributed by atoms with Crippen molar-refractivity contribution in [2.24, 2.45) is 0 Å². The van der Waals surface area contributed by atoms with E-state index in [1.807, 2.05) is 17.9 Å². The largest absolute Gasteiger partial charge is 0.395 e. The monoisotopic (exact) mass is 224 g/mol. The summed E-state index contributed by atoms with van der Waals surface area (Å²) in [5.41, 5.74) is 6.46. The number of nitrogens with zero attached hydrogens (tertiary/aromatic N) is 3. The predicted octanol–water partition coefficient (Wildman–Crippen LogP) is 0.966. The fourth-order valence-electron chi connectivity index (χ4n) is 1.55. The molecular formula is C11H20N4O. The van der Waals surface area contributed by atoms with Crippen LogP contribution in [0.25, 0.3) is 0 Å². The zero-order valence-corrected chi connectivity index (χ0v) is 9.98. The Morgan fingerprint density at radius 3 is 2.69 bits per heavy atom. The first-order chi connectivity index (χ1) is 7.67. The molecular weight excluding hydrogens is 204 g/mol. The van der Waals surface area contributed by atoms with Gasteiger partial charge in [-0.3, -0.25) is 0 Å². The Kier molecular flexibility index (Phi) is 4.98. The van der Waals surface area contributed by atoms with Gasteiger partial charge in [0.1, 0.15) is 5.82 Å². The van der Waals surface area contributed by atoms with Gasteiger partial charge in [0.05, 0.1) is 6.61 Å². The van der Waals surface area contributed by atoms with Crippen LogP contribution in [0.4, 0.5) is 11.8 Å². The number of nitrogen functional groups attached to an aromatic ring is 1. The fraction of sp³-hybridized carbons (Fsp3) is 0.636. The number of aliphatic hydroxyl groups is 1. The SMILES string of the molecule is CCCCN(CCO)c1cc(C)nc(N)n1. The third-order valence-electron chi connectivity index (χ3n) is 2.33. The summed E-state index contributed by atoms with van der Waals surface area (Å²) < 4.78 is 0. The highest BCUT2D eigenvalue weighted by atomic mass is 16.3. The van der Waals surface area contributed by atoms with E-state index in [2.05, 4.69) is 16.9 Å². The van der Waals surface area contributed by atoms with E-state index in [0.29, 0.717) is 6.54 Å². The molecule has 0 aliphatic carbocycles.